The summed E-state index contributed by atoms with van der Waals surface area (Å²) in [5.41, 5.74) is 7.27. The van der Waals surface area contributed by atoms with Crippen molar-refractivity contribution in [2.24, 2.45) is 5.73 Å². The Balaban J connectivity index is 2.70. The van der Waals surface area contributed by atoms with E-state index in [0.717, 1.165) is 21.1 Å². The Morgan fingerprint density at radius 2 is 2.13 bits per heavy atom. The second kappa shape index (κ2) is 4.43. The molecule has 0 radical (unpaired) electrons. The summed E-state index contributed by atoms with van der Waals surface area (Å²) in [5, 5.41) is 1.27. The van der Waals surface area contributed by atoms with Crippen molar-refractivity contribution < 1.29 is 0 Å². The molecule has 0 aliphatic carbocycles. The van der Waals surface area contributed by atoms with Crippen molar-refractivity contribution in [3.05, 3.63) is 33.6 Å². The van der Waals surface area contributed by atoms with Gasteiger partial charge < -0.3 is 5.73 Å². The molecule has 15 heavy (non-hydrogen) atoms. The highest BCUT2D eigenvalue weighted by Gasteiger charge is 2.06. The molecule has 2 rings (SSSR count). The molecule has 3 nitrogen and oxygen atoms in total. The highest BCUT2D eigenvalue weighted by molar-refractivity contribution is 9.10. The van der Waals surface area contributed by atoms with Crippen LogP contribution < -0.4 is 5.73 Å². The Morgan fingerprint density at radius 1 is 1.33 bits per heavy atom. The second-order valence-corrected chi connectivity index (χ2v) is 4.39. The largest absolute Gasteiger partial charge is 0.330 e. The first kappa shape index (κ1) is 10.8. The van der Waals surface area contributed by atoms with Crippen LogP contribution in [0.3, 0.4) is 0 Å². The Bertz CT molecular complexity index is 501. The van der Waals surface area contributed by atoms with Crippen LogP contribution in [0.1, 0.15) is 5.69 Å². The predicted molar refractivity (Wildman–Crippen MR) is 65.0 cm³/mol. The van der Waals surface area contributed by atoms with Gasteiger partial charge in [0.15, 0.2) is 0 Å². The SMILES string of the molecule is NCCc1nc(Cl)nc2ccc(Br)cc12. The van der Waals surface area contributed by atoms with Crippen LogP contribution in [0.4, 0.5) is 0 Å². The van der Waals surface area contributed by atoms with Gasteiger partial charge in [-0.25, -0.2) is 9.97 Å². The molecule has 0 aliphatic rings. The number of nitrogens with two attached hydrogens (primary N) is 1. The fraction of sp³-hybridized carbons (Fsp3) is 0.200. The Labute approximate surface area is 101 Å². The van der Waals surface area contributed by atoms with Crippen molar-refractivity contribution >= 4 is 38.4 Å². The van der Waals surface area contributed by atoms with Gasteiger partial charge in [0.1, 0.15) is 0 Å². The Hall–Kier alpha value is -0.710. The molecule has 5 heteroatoms. The normalized spacial score (nSPS) is 10.9. The Kier molecular flexibility index (Phi) is 3.19. The van der Waals surface area contributed by atoms with Crippen LogP contribution in [-0.4, -0.2) is 16.5 Å². The number of fused-ring (bicyclic) bond motifs is 1. The van der Waals surface area contributed by atoms with Crippen LogP contribution in [0.2, 0.25) is 5.28 Å². The van der Waals surface area contributed by atoms with Crippen molar-refractivity contribution in [1.82, 2.24) is 9.97 Å². The topological polar surface area (TPSA) is 51.8 Å². The van der Waals surface area contributed by atoms with E-state index in [-0.39, 0.29) is 5.28 Å². The molecule has 2 N–H and O–H groups in total. The molecule has 0 saturated carbocycles. The minimum absolute atomic E-state index is 0.272. The van der Waals surface area contributed by atoms with Crippen LogP contribution in [-0.2, 0) is 6.42 Å². The van der Waals surface area contributed by atoms with Crippen molar-refractivity contribution in [1.29, 1.82) is 0 Å². The molecule has 0 bridgehead atoms. The molecule has 0 spiro atoms. The monoisotopic (exact) mass is 285 g/mol. The summed E-state index contributed by atoms with van der Waals surface area (Å²) in [5.74, 6) is 0. The zero-order chi connectivity index (χ0) is 10.8. The third-order valence-electron chi connectivity index (χ3n) is 2.09. The molecule has 78 valence electrons. The molecule has 2 aromatic rings. The maximum Gasteiger partial charge on any atom is 0.223 e. The van der Waals surface area contributed by atoms with Gasteiger partial charge in [-0.2, -0.15) is 0 Å². The van der Waals surface area contributed by atoms with Crippen molar-refractivity contribution in [3.8, 4) is 0 Å². The highest BCUT2D eigenvalue weighted by Crippen LogP contribution is 2.22. The lowest BCUT2D eigenvalue weighted by Crippen LogP contribution is -2.05. The molecular formula is C10H9BrClN3. The van der Waals surface area contributed by atoms with Gasteiger partial charge in [-0.3, -0.25) is 0 Å². The van der Waals surface area contributed by atoms with Gasteiger partial charge in [-0.05, 0) is 36.3 Å². The maximum absolute atomic E-state index is 5.82. The lowest BCUT2D eigenvalue weighted by Gasteiger charge is -2.05. The van der Waals surface area contributed by atoms with Crippen LogP contribution in [0, 0.1) is 0 Å². The van der Waals surface area contributed by atoms with Gasteiger partial charge in [0.05, 0.1) is 11.2 Å². The van der Waals surface area contributed by atoms with E-state index < -0.39 is 0 Å². The third kappa shape index (κ3) is 2.27. The quantitative estimate of drug-likeness (QED) is 0.863. The van der Waals surface area contributed by atoms with Gasteiger partial charge in [-0.1, -0.05) is 15.9 Å². The highest BCUT2D eigenvalue weighted by atomic mass is 79.9. The zero-order valence-electron chi connectivity index (χ0n) is 7.87. The molecule has 0 atom stereocenters. The summed E-state index contributed by atoms with van der Waals surface area (Å²) >= 11 is 9.24. The van der Waals surface area contributed by atoms with Gasteiger partial charge in [-0.15, -0.1) is 0 Å². The van der Waals surface area contributed by atoms with Gasteiger partial charge >= 0.3 is 0 Å². The molecular weight excluding hydrogens is 277 g/mol. The fourth-order valence-corrected chi connectivity index (χ4v) is 2.01. The lowest BCUT2D eigenvalue weighted by molar-refractivity contribution is 0.926. The van der Waals surface area contributed by atoms with Crippen LogP contribution in [0.25, 0.3) is 10.9 Å². The van der Waals surface area contributed by atoms with E-state index >= 15 is 0 Å². The summed E-state index contributed by atoms with van der Waals surface area (Å²) in [6.45, 7) is 0.551. The molecule has 0 amide bonds. The van der Waals surface area contributed by atoms with Crippen molar-refractivity contribution in [2.45, 2.75) is 6.42 Å². The lowest BCUT2D eigenvalue weighted by atomic mass is 10.1. The molecule has 1 aromatic heterocycles. The summed E-state index contributed by atoms with van der Waals surface area (Å²) < 4.78 is 0.999. The number of halogens is 2. The van der Waals surface area contributed by atoms with Crippen LogP contribution >= 0.6 is 27.5 Å². The number of hydrogen-bond donors (Lipinski definition) is 1. The minimum Gasteiger partial charge on any atom is -0.330 e. The van der Waals surface area contributed by atoms with Crippen molar-refractivity contribution in [3.63, 3.8) is 0 Å². The van der Waals surface area contributed by atoms with E-state index in [4.69, 9.17) is 17.3 Å². The second-order valence-electron chi connectivity index (χ2n) is 3.14. The summed E-state index contributed by atoms with van der Waals surface area (Å²) in [4.78, 5) is 8.34. The first-order valence-corrected chi connectivity index (χ1v) is 5.69. The first-order valence-electron chi connectivity index (χ1n) is 4.52. The summed E-state index contributed by atoms with van der Waals surface area (Å²) in [6, 6.07) is 5.82. The number of benzene rings is 1. The van der Waals surface area contributed by atoms with E-state index in [9.17, 15) is 0 Å². The number of nitrogens with zero attached hydrogens (tertiary/aromatic N) is 2. The molecule has 0 saturated heterocycles. The fourth-order valence-electron chi connectivity index (χ4n) is 1.46. The number of aromatic nitrogens is 2. The van der Waals surface area contributed by atoms with E-state index in [1.54, 1.807) is 0 Å². The minimum atomic E-state index is 0.272. The van der Waals surface area contributed by atoms with Gasteiger partial charge in [0.2, 0.25) is 5.28 Å². The van der Waals surface area contributed by atoms with Crippen molar-refractivity contribution in [2.75, 3.05) is 6.54 Å². The Morgan fingerprint density at radius 3 is 2.87 bits per heavy atom. The maximum atomic E-state index is 5.82. The molecule has 0 unspecified atom stereocenters. The zero-order valence-corrected chi connectivity index (χ0v) is 10.2. The van der Waals surface area contributed by atoms with E-state index in [2.05, 4.69) is 25.9 Å². The third-order valence-corrected chi connectivity index (χ3v) is 2.75. The predicted octanol–water partition coefficient (Wildman–Crippen LogP) is 2.55. The van der Waals surface area contributed by atoms with Crippen LogP contribution in [0.15, 0.2) is 22.7 Å². The average Bonchev–Trinajstić information content (AvgIpc) is 2.19. The molecule has 1 aromatic carbocycles. The molecule has 0 aliphatic heterocycles. The number of hydrogen-bond acceptors (Lipinski definition) is 3. The van der Waals surface area contributed by atoms with Gasteiger partial charge in [0.25, 0.3) is 0 Å². The van der Waals surface area contributed by atoms with Crippen LogP contribution in [0.5, 0.6) is 0 Å². The molecule has 0 fully saturated rings. The first-order chi connectivity index (χ1) is 7.20. The standard InChI is InChI=1S/C10H9BrClN3/c11-6-1-2-8-7(5-6)9(3-4-13)15-10(12)14-8/h1-2,5H,3-4,13H2. The van der Waals surface area contributed by atoms with E-state index in [1.807, 2.05) is 18.2 Å². The van der Waals surface area contributed by atoms with E-state index in [0.29, 0.717) is 13.0 Å². The van der Waals surface area contributed by atoms with Gasteiger partial charge in [0, 0.05) is 16.3 Å². The smallest absolute Gasteiger partial charge is 0.223 e. The number of rotatable bonds is 2. The summed E-state index contributed by atoms with van der Waals surface area (Å²) in [7, 11) is 0. The average molecular weight is 287 g/mol. The molecule has 1 heterocycles. The summed E-state index contributed by atoms with van der Waals surface area (Å²) in [6.07, 6.45) is 0.704. The van der Waals surface area contributed by atoms with E-state index in [1.165, 1.54) is 0 Å².